The maximum Gasteiger partial charge on any atom is 0.323 e. The number of benzene rings is 3. The van der Waals surface area contributed by atoms with Crippen molar-refractivity contribution in [3.63, 3.8) is 0 Å². The molecule has 0 aromatic heterocycles. The van der Waals surface area contributed by atoms with Gasteiger partial charge in [-0.05, 0) is 50.3 Å². The zero-order valence-electron chi connectivity index (χ0n) is 18.6. The van der Waals surface area contributed by atoms with Crippen molar-refractivity contribution in [1.82, 2.24) is 4.90 Å². The molecule has 0 spiro atoms. The largest absolute Gasteiger partial charge is 0.459 e. The molecule has 1 fully saturated rings. The number of hydrogen-bond acceptors (Lipinski definition) is 3. The topological polar surface area (TPSA) is 29.5 Å². The molecule has 31 heavy (non-hydrogen) atoms. The molecule has 3 aromatic rings. The Morgan fingerprint density at radius 1 is 0.774 bits per heavy atom. The Morgan fingerprint density at radius 2 is 1.19 bits per heavy atom. The molecule has 3 heteroatoms. The van der Waals surface area contributed by atoms with Gasteiger partial charge in [0.15, 0.2) is 0 Å². The first-order valence-corrected chi connectivity index (χ1v) is 11.1. The minimum Gasteiger partial charge on any atom is -0.459 e. The Hall–Kier alpha value is -2.91. The molecule has 3 nitrogen and oxygen atoms in total. The van der Waals surface area contributed by atoms with Gasteiger partial charge in [-0.1, -0.05) is 91.0 Å². The Bertz CT molecular complexity index is 897. The van der Waals surface area contributed by atoms with Crippen molar-refractivity contribution in [3.8, 4) is 0 Å². The van der Waals surface area contributed by atoms with Crippen molar-refractivity contribution < 1.29 is 9.53 Å². The lowest BCUT2D eigenvalue weighted by atomic mass is 9.75. The third kappa shape index (κ3) is 4.15. The highest BCUT2D eigenvalue weighted by atomic mass is 16.6. The summed E-state index contributed by atoms with van der Waals surface area (Å²) in [6.45, 7) is 6.62. The standard InChI is InChI=1S/C28H31NO2/c1-27(2,3)31-26(30)25-20-13-21-29(25)28(22-14-7-4-8-15-22,23-16-9-5-10-17-23)24-18-11-6-12-19-24/h4-12,14-19,25H,13,20-21H2,1-3H3. The molecule has 0 aliphatic carbocycles. The summed E-state index contributed by atoms with van der Waals surface area (Å²) >= 11 is 0. The summed E-state index contributed by atoms with van der Waals surface area (Å²) in [5, 5.41) is 0. The van der Waals surface area contributed by atoms with Crippen molar-refractivity contribution in [2.45, 2.75) is 50.8 Å². The monoisotopic (exact) mass is 413 g/mol. The van der Waals surface area contributed by atoms with Gasteiger partial charge in [0.2, 0.25) is 0 Å². The van der Waals surface area contributed by atoms with Gasteiger partial charge in [0.05, 0.1) is 5.54 Å². The van der Waals surface area contributed by atoms with E-state index in [2.05, 4.69) is 77.7 Å². The van der Waals surface area contributed by atoms with E-state index >= 15 is 0 Å². The molecule has 0 N–H and O–H groups in total. The van der Waals surface area contributed by atoms with Crippen molar-refractivity contribution in [1.29, 1.82) is 0 Å². The summed E-state index contributed by atoms with van der Waals surface area (Å²) in [6.07, 6.45) is 1.75. The van der Waals surface area contributed by atoms with Crippen LogP contribution in [-0.2, 0) is 15.1 Å². The van der Waals surface area contributed by atoms with Crippen LogP contribution in [0.5, 0.6) is 0 Å². The summed E-state index contributed by atoms with van der Waals surface area (Å²) in [5.74, 6) is -0.142. The minimum absolute atomic E-state index is 0.142. The predicted octanol–water partition coefficient (Wildman–Crippen LogP) is 5.78. The molecule has 1 unspecified atom stereocenters. The fourth-order valence-electron chi connectivity index (χ4n) is 4.82. The van der Waals surface area contributed by atoms with E-state index in [-0.39, 0.29) is 12.0 Å². The van der Waals surface area contributed by atoms with Gasteiger partial charge in [-0.25, -0.2) is 0 Å². The average molecular weight is 414 g/mol. The zero-order chi connectivity index (χ0) is 21.9. The summed E-state index contributed by atoms with van der Waals surface area (Å²) in [6, 6.07) is 31.3. The predicted molar refractivity (Wildman–Crippen MR) is 125 cm³/mol. The SMILES string of the molecule is CC(C)(C)OC(=O)C1CCCN1C(c1ccccc1)(c1ccccc1)c1ccccc1. The third-order valence-corrected chi connectivity index (χ3v) is 5.94. The zero-order valence-corrected chi connectivity index (χ0v) is 18.6. The summed E-state index contributed by atoms with van der Waals surface area (Å²) in [7, 11) is 0. The second-order valence-corrected chi connectivity index (χ2v) is 9.19. The molecule has 4 rings (SSSR count). The maximum atomic E-state index is 13.3. The molecular weight excluding hydrogens is 382 g/mol. The van der Waals surface area contributed by atoms with E-state index in [0.717, 1.165) is 36.1 Å². The molecule has 3 aromatic carbocycles. The smallest absolute Gasteiger partial charge is 0.323 e. The minimum atomic E-state index is -0.581. The van der Waals surface area contributed by atoms with E-state index in [1.807, 2.05) is 39.0 Å². The van der Waals surface area contributed by atoms with Crippen molar-refractivity contribution in [3.05, 3.63) is 108 Å². The van der Waals surface area contributed by atoms with Gasteiger partial charge >= 0.3 is 5.97 Å². The van der Waals surface area contributed by atoms with Gasteiger partial charge in [0.1, 0.15) is 11.6 Å². The van der Waals surface area contributed by atoms with Crippen LogP contribution in [0, 0.1) is 0 Å². The molecule has 1 saturated heterocycles. The van der Waals surface area contributed by atoms with Gasteiger partial charge in [-0.3, -0.25) is 9.69 Å². The van der Waals surface area contributed by atoms with E-state index in [0.29, 0.717) is 0 Å². The molecule has 0 radical (unpaired) electrons. The molecule has 1 heterocycles. The van der Waals surface area contributed by atoms with Crippen LogP contribution in [0.4, 0.5) is 0 Å². The highest BCUT2D eigenvalue weighted by Crippen LogP contribution is 2.46. The molecule has 1 aliphatic heterocycles. The number of hydrogen-bond donors (Lipinski definition) is 0. The van der Waals surface area contributed by atoms with Gasteiger partial charge in [-0.2, -0.15) is 0 Å². The lowest BCUT2D eigenvalue weighted by molar-refractivity contribution is -0.161. The fourth-order valence-corrected chi connectivity index (χ4v) is 4.82. The molecular formula is C28H31NO2. The summed E-state index contributed by atoms with van der Waals surface area (Å²) in [4.78, 5) is 15.7. The number of carbonyl (C=O) groups is 1. The molecule has 1 atom stereocenters. The highest BCUT2D eigenvalue weighted by Gasteiger charge is 2.49. The van der Waals surface area contributed by atoms with Gasteiger partial charge in [-0.15, -0.1) is 0 Å². The second kappa shape index (κ2) is 8.68. The van der Waals surface area contributed by atoms with Crippen molar-refractivity contribution >= 4 is 5.97 Å². The first-order chi connectivity index (χ1) is 14.9. The number of carbonyl (C=O) groups excluding carboxylic acids is 1. The normalized spacial score (nSPS) is 17.5. The average Bonchev–Trinajstić information content (AvgIpc) is 3.26. The second-order valence-electron chi connectivity index (χ2n) is 9.19. The lowest BCUT2D eigenvalue weighted by Gasteiger charge is -2.46. The highest BCUT2D eigenvalue weighted by molar-refractivity contribution is 5.77. The lowest BCUT2D eigenvalue weighted by Crippen LogP contribution is -2.53. The van der Waals surface area contributed by atoms with Gasteiger partial charge in [0, 0.05) is 6.54 Å². The third-order valence-electron chi connectivity index (χ3n) is 5.94. The maximum absolute atomic E-state index is 13.3. The number of likely N-dealkylation sites (tertiary alicyclic amines) is 1. The fraction of sp³-hybridized carbons (Fsp3) is 0.321. The van der Waals surface area contributed by atoms with Crippen LogP contribution in [0.3, 0.4) is 0 Å². The first kappa shape index (κ1) is 21.3. The number of nitrogens with zero attached hydrogens (tertiary/aromatic N) is 1. The van der Waals surface area contributed by atoms with Crippen LogP contribution in [0.1, 0.15) is 50.3 Å². The molecule has 0 saturated carbocycles. The number of esters is 1. The van der Waals surface area contributed by atoms with Crippen LogP contribution in [0.25, 0.3) is 0 Å². The van der Waals surface area contributed by atoms with E-state index in [4.69, 9.17) is 4.74 Å². The first-order valence-electron chi connectivity index (χ1n) is 11.1. The van der Waals surface area contributed by atoms with Gasteiger partial charge < -0.3 is 4.74 Å². The van der Waals surface area contributed by atoms with Crippen LogP contribution in [0.15, 0.2) is 91.0 Å². The molecule has 1 aliphatic rings. The van der Waals surface area contributed by atoms with Gasteiger partial charge in [0.25, 0.3) is 0 Å². The number of ether oxygens (including phenoxy) is 1. The van der Waals surface area contributed by atoms with Crippen LogP contribution in [-0.4, -0.2) is 29.1 Å². The Kier molecular flexibility index (Phi) is 5.97. The quantitative estimate of drug-likeness (QED) is 0.392. The van der Waals surface area contributed by atoms with E-state index in [1.54, 1.807) is 0 Å². The van der Waals surface area contributed by atoms with Crippen LogP contribution >= 0.6 is 0 Å². The van der Waals surface area contributed by atoms with Crippen LogP contribution < -0.4 is 0 Å². The molecule has 0 bridgehead atoms. The molecule has 0 amide bonds. The summed E-state index contributed by atoms with van der Waals surface area (Å²) in [5.41, 5.74) is 2.37. The Labute approximate surface area is 185 Å². The van der Waals surface area contributed by atoms with E-state index in [9.17, 15) is 4.79 Å². The van der Waals surface area contributed by atoms with Crippen molar-refractivity contribution in [2.24, 2.45) is 0 Å². The Morgan fingerprint density at radius 3 is 1.58 bits per heavy atom. The molecule has 160 valence electrons. The van der Waals surface area contributed by atoms with Crippen LogP contribution in [0.2, 0.25) is 0 Å². The van der Waals surface area contributed by atoms with E-state index < -0.39 is 11.1 Å². The number of rotatable bonds is 5. The summed E-state index contributed by atoms with van der Waals surface area (Å²) < 4.78 is 5.87. The van der Waals surface area contributed by atoms with Crippen molar-refractivity contribution in [2.75, 3.05) is 6.54 Å². The van der Waals surface area contributed by atoms with E-state index in [1.165, 1.54) is 0 Å². The Balaban J connectivity index is 1.95.